The monoisotopic (exact) mass is 265 g/mol. The van der Waals surface area contributed by atoms with Crippen LogP contribution >= 0.6 is 0 Å². The van der Waals surface area contributed by atoms with E-state index in [0.29, 0.717) is 18.2 Å². The quantitative estimate of drug-likeness (QED) is 0.701. The van der Waals surface area contributed by atoms with Crippen LogP contribution in [0.3, 0.4) is 0 Å². The maximum Gasteiger partial charge on any atom is 0.274 e. The second-order valence-electron chi connectivity index (χ2n) is 4.76. The van der Waals surface area contributed by atoms with Crippen molar-refractivity contribution in [1.82, 2.24) is 20.4 Å². The van der Waals surface area contributed by atoms with Crippen LogP contribution in [-0.2, 0) is 4.79 Å². The molecular formula is C12H19N5O2. The summed E-state index contributed by atoms with van der Waals surface area (Å²) in [5, 5.41) is 9.27. The van der Waals surface area contributed by atoms with Crippen molar-refractivity contribution in [2.75, 3.05) is 25.9 Å². The molecule has 2 amide bonds. The number of rotatable bonds is 5. The standard InChI is InChI=1S/C12H19N5O2/c1-3-17(2)8(18)6-14-12(19)11-9(13)10(15-16-11)7-4-5-7/h7H,3-6,13H2,1-2H3,(H,14,19)(H,15,16). The number of hydrogen-bond acceptors (Lipinski definition) is 4. The lowest BCUT2D eigenvalue weighted by molar-refractivity contribution is -0.128. The van der Waals surface area contributed by atoms with Gasteiger partial charge in [-0.15, -0.1) is 0 Å². The largest absolute Gasteiger partial charge is 0.395 e. The van der Waals surface area contributed by atoms with Crippen molar-refractivity contribution in [2.45, 2.75) is 25.7 Å². The van der Waals surface area contributed by atoms with Gasteiger partial charge in [0.25, 0.3) is 5.91 Å². The van der Waals surface area contributed by atoms with Crippen LogP contribution < -0.4 is 11.1 Å². The number of aromatic amines is 1. The van der Waals surface area contributed by atoms with E-state index in [0.717, 1.165) is 18.5 Å². The number of H-pyrrole nitrogens is 1. The van der Waals surface area contributed by atoms with Gasteiger partial charge in [-0.3, -0.25) is 14.7 Å². The Hall–Kier alpha value is -2.05. The maximum absolute atomic E-state index is 11.9. The molecule has 0 bridgehead atoms. The van der Waals surface area contributed by atoms with E-state index >= 15 is 0 Å². The molecule has 0 saturated heterocycles. The van der Waals surface area contributed by atoms with Gasteiger partial charge < -0.3 is 16.0 Å². The van der Waals surface area contributed by atoms with E-state index in [4.69, 9.17) is 5.73 Å². The second-order valence-corrected chi connectivity index (χ2v) is 4.76. The first-order chi connectivity index (χ1) is 9.04. The number of nitrogen functional groups attached to an aromatic ring is 1. The van der Waals surface area contributed by atoms with E-state index in [1.54, 1.807) is 7.05 Å². The molecular weight excluding hydrogens is 246 g/mol. The number of nitrogens with zero attached hydrogens (tertiary/aromatic N) is 2. The zero-order valence-electron chi connectivity index (χ0n) is 11.2. The minimum atomic E-state index is -0.418. The van der Waals surface area contributed by atoms with E-state index in [1.807, 2.05) is 6.92 Å². The molecule has 19 heavy (non-hydrogen) atoms. The number of carbonyl (C=O) groups excluding carboxylic acids is 2. The van der Waals surface area contributed by atoms with E-state index in [-0.39, 0.29) is 18.1 Å². The first-order valence-electron chi connectivity index (χ1n) is 6.40. The van der Waals surface area contributed by atoms with Crippen LogP contribution in [0.1, 0.15) is 41.9 Å². The smallest absolute Gasteiger partial charge is 0.274 e. The van der Waals surface area contributed by atoms with Gasteiger partial charge in [0.05, 0.1) is 17.9 Å². The van der Waals surface area contributed by atoms with Crippen LogP contribution in [0.2, 0.25) is 0 Å². The number of nitrogens with one attached hydrogen (secondary N) is 2. The van der Waals surface area contributed by atoms with Gasteiger partial charge >= 0.3 is 0 Å². The van der Waals surface area contributed by atoms with Crippen molar-refractivity contribution in [3.05, 3.63) is 11.4 Å². The summed E-state index contributed by atoms with van der Waals surface area (Å²) in [6, 6.07) is 0. The van der Waals surface area contributed by atoms with Gasteiger partial charge in [-0.2, -0.15) is 5.10 Å². The molecule has 0 aromatic carbocycles. The number of hydrogen-bond donors (Lipinski definition) is 3. The summed E-state index contributed by atoms with van der Waals surface area (Å²) in [6.45, 7) is 2.42. The van der Waals surface area contributed by atoms with E-state index in [2.05, 4.69) is 15.5 Å². The lowest BCUT2D eigenvalue weighted by Crippen LogP contribution is -2.38. The highest BCUT2D eigenvalue weighted by molar-refractivity contribution is 5.99. The molecule has 0 radical (unpaired) electrons. The average molecular weight is 265 g/mol. The normalized spacial score (nSPS) is 14.2. The third kappa shape index (κ3) is 2.86. The van der Waals surface area contributed by atoms with Crippen molar-refractivity contribution >= 4 is 17.5 Å². The molecule has 7 nitrogen and oxygen atoms in total. The summed E-state index contributed by atoms with van der Waals surface area (Å²) in [6.07, 6.45) is 2.15. The van der Waals surface area contributed by atoms with Crippen molar-refractivity contribution in [2.24, 2.45) is 0 Å². The van der Waals surface area contributed by atoms with Crippen LogP contribution in [0.25, 0.3) is 0 Å². The number of carbonyl (C=O) groups is 2. The zero-order valence-corrected chi connectivity index (χ0v) is 11.2. The fraction of sp³-hybridized carbons (Fsp3) is 0.583. The van der Waals surface area contributed by atoms with E-state index in [1.165, 1.54) is 4.90 Å². The van der Waals surface area contributed by atoms with Crippen LogP contribution in [0.15, 0.2) is 0 Å². The van der Waals surface area contributed by atoms with Crippen molar-refractivity contribution in [3.63, 3.8) is 0 Å². The highest BCUT2D eigenvalue weighted by Crippen LogP contribution is 2.42. The fourth-order valence-corrected chi connectivity index (χ4v) is 1.77. The summed E-state index contributed by atoms with van der Waals surface area (Å²) in [7, 11) is 1.68. The molecule has 1 aromatic heterocycles. The van der Waals surface area contributed by atoms with Crippen LogP contribution in [-0.4, -0.2) is 47.0 Å². The molecule has 1 heterocycles. The lowest BCUT2D eigenvalue weighted by atomic mass is 10.2. The lowest BCUT2D eigenvalue weighted by Gasteiger charge is -2.14. The highest BCUT2D eigenvalue weighted by Gasteiger charge is 2.30. The van der Waals surface area contributed by atoms with Gasteiger partial charge in [0.2, 0.25) is 5.91 Å². The summed E-state index contributed by atoms with van der Waals surface area (Å²) in [5.41, 5.74) is 7.30. The summed E-state index contributed by atoms with van der Waals surface area (Å²) in [5.74, 6) is -0.159. The van der Waals surface area contributed by atoms with Crippen molar-refractivity contribution in [1.29, 1.82) is 0 Å². The fourth-order valence-electron chi connectivity index (χ4n) is 1.77. The Morgan fingerprint density at radius 1 is 1.53 bits per heavy atom. The molecule has 0 atom stereocenters. The Balaban J connectivity index is 1.94. The Bertz CT molecular complexity index is 492. The average Bonchev–Trinajstić information content (AvgIpc) is 3.18. The third-order valence-electron chi connectivity index (χ3n) is 3.33. The molecule has 0 spiro atoms. The zero-order chi connectivity index (χ0) is 14.0. The molecule has 7 heteroatoms. The van der Waals surface area contributed by atoms with Gasteiger partial charge in [0.1, 0.15) is 0 Å². The molecule has 1 aliphatic carbocycles. The predicted molar refractivity (Wildman–Crippen MR) is 70.6 cm³/mol. The van der Waals surface area contributed by atoms with Crippen molar-refractivity contribution in [3.8, 4) is 0 Å². The van der Waals surface area contributed by atoms with Gasteiger partial charge in [0, 0.05) is 19.5 Å². The molecule has 1 saturated carbocycles. The molecule has 1 aromatic rings. The van der Waals surface area contributed by atoms with Gasteiger partial charge in [0.15, 0.2) is 5.69 Å². The van der Waals surface area contributed by atoms with Crippen LogP contribution in [0.5, 0.6) is 0 Å². The first kappa shape index (κ1) is 13.4. The molecule has 0 unspecified atom stereocenters. The number of likely N-dealkylation sites (N-methyl/N-ethyl adjacent to an activating group) is 1. The Morgan fingerprint density at radius 3 is 2.79 bits per heavy atom. The Labute approximate surface area is 111 Å². The molecule has 2 rings (SSSR count). The molecule has 4 N–H and O–H groups in total. The highest BCUT2D eigenvalue weighted by atomic mass is 16.2. The molecule has 0 aliphatic heterocycles. The number of anilines is 1. The second kappa shape index (κ2) is 5.29. The number of nitrogens with two attached hydrogens (primary N) is 1. The van der Waals surface area contributed by atoms with Crippen molar-refractivity contribution < 1.29 is 9.59 Å². The van der Waals surface area contributed by atoms with Crippen LogP contribution in [0.4, 0.5) is 5.69 Å². The van der Waals surface area contributed by atoms with Gasteiger partial charge in [-0.05, 0) is 19.8 Å². The minimum Gasteiger partial charge on any atom is -0.395 e. The van der Waals surface area contributed by atoms with Gasteiger partial charge in [-0.25, -0.2) is 0 Å². The summed E-state index contributed by atoms with van der Waals surface area (Å²) in [4.78, 5) is 25.0. The minimum absolute atomic E-state index is 0.0474. The number of amides is 2. The summed E-state index contributed by atoms with van der Waals surface area (Å²) < 4.78 is 0. The predicted octanol–water partition coefficient (Wildman–Crippen LogP) is 0.0774. The van der Waals surface area contributed by atoms with E-state index < -0.39 is 5.91 Å². The Kier molecular flexibility index (Phi) is 3.73. The molecule has 1 aliphatic rings. The molecule has 104 valence electrons. The summed E-state index contributed by atoms with van der Waals surface area (Å²) >= 11 is 0. The number of aromatic nitrogens is 2. The molecule has 1 fully saturated rings. The Morgan fingerprint density at radius 2 is 2.21 bits per heavy atom. The SMILES string of the molecule is CCN(C)C(=O)CNC(=O)c1n[nH]c(C2CC2)c1N. The van der Waals surface area contributed by atoms with E-state index in [9.17, 15) is 9.59 Å². The third-order valence-corrected chi connectivity index (χ3v) is 3.33. The topological polar surface area (TPSA) is 104 Å². The maximum atomic E-state index is 11.9. The van der Waals surface area contributed by atoms with Crippen LogP contribution in [0, 0.1) is 0 Å². The first-order valence-corrected chi connectivity index (χ1v) is 6.40. The van der Waals surface area contributed by atoms with Gasteiger partial charge in [-0.1, -0.05) is 0 Å².